The summed E-state index contributed by atoms with van der Waals surface area (Å²) < 4.78 is 5.33. The lowest BCUT2D eigenvalue weighted by Crippen LogP contribution is -2.41. The molecule has 7 heteroatoms. The van der Waals surface area contributed by atoms with Crippen LogP contribution in [0.1, 0.15) is 44.4 Å². The monoisotopic (exact) mass is 578 g/mol. The maximum atomic E-state index is 14.1. The van der Waals surface area contributed by atoms with Crippen molar-refractivity contribution in [3.05, 3.63) is 143 Å². The summed E-state index contributed by atoms with van der Waals surface area (Å²) in [5, 5.41) is 4.66. The molecule has 1 saturated heterocycles. The Morgan fingerprint density at radius 1 is 0.659 bits per heavy atom. The lowest BCUT2D eigenvalue weighted by Gasteiger charge is -2.45. The number of esters is 1. The SMILES string of the molecule is O=C(COC(=O)c1cccc(N2C(=O)[C@@H]3C4c5ccccc5C(c5ccccc54)[C@@H]3C2=O)c1)Nc1cccc2ccccc12. The number of nitrogens with one attached hydrogen (secondary N) is 1. The molecule has 5 aromatic carbocycles. The van der Waals surface area contributed by atoms with Crippen LogP contribution in [0.15, 0.2) is 115 Å². The van der Waals surface area contributed by atoms with Crippen LogP contribution in [0.25, 0.3) is 10.8 Å². The molecule has 1 aliphatic heterocycles. The molecule has 2 bridgehead atoms. The van der Waals surface area contributed by atoms with Crippen LogP contribution < -0.4 is 10.2 Å². The van der Waals surface area contributed by atoms with Crippen molar-refractivity contribution in [1.29, 1.82) is 0 Å². The maximum absolute atomic E-state index is 14.1. The third kappa shape index (κ3) is 3.89. The first kappa shape index (κ1) is 26.1. The van der Waals surface area contributed by atoms with Crippen molar-refractivity contribution < 1.29 is 23.9 Å². The van der Waals surface area contributed by atoms with E-state index in [1.807, 2.05) is 60.7 Å². The van der Waals surface area contributed by atoms with Crippen LogP contribution in [0.4, 0.5) is 11.4 Å². The summed E-state index contributed by atoms with van der Waals surface area (Å²) in [6.45, 7) is -0.488. The second kappa shape index (κ2) is 10.0. The molecule has 1 fully saturated rings. The number of fused-ring (bicyclic) bond motifs is 1. The molecule has 7 nitrogen and oxygen atoms in total. The lowest BCUT2D eigenvalue weighted by atomic mass is 9.55. The van der Waals surface area contributed by atoms with E-state index in [0.29, 0.717) is 11.4 Å². The fourth-order valence-corrected chi connectivity index (χ4v) is 7.44. The molecule has 0 spiro atoms. The van der Waals surface area contributed by atoms with Gasteiger partial charge < -0.3 is 10.1 Å². The fraction of sp³-hybridized carbons (Fsp3) is 0.135. The number of imide groups is 1. The molecule has 9 rings (SSSR count). The highest BCUT2D eigenvalue weighted by atomic mass is 16.5. The van der Waals surface area contributed by atoms with E-state index in [2.05, 4.69) is 29.6 Å². The van der Waals surface area contributed by atoms with E-state index in [1.165, 1.54) is 11.0 Å². The van der Waals surface area contributed by atoms with Gasteiger partial charge in [-0.3, -0.25) is 14.4 Å². The van der Waals surface area contributed by atoms with Crippen molar-refractivity contribution in [2.24, 2.45) is 11.8 Å². The third-order valence-corrected chi connectivity index (χ3v) is 9.19. The van der Waals surface area contributed by atoms with Gasteiger partial charge >= 0.3 is 5.97 Å². The Labute approximate surface area is 253 Å². The van der Waals surface area contributed by atoms with Gasteiger partial charge in [0.2, 0.25) is 11.8 Å². The van der Waals surface area contributed by atoms with Crippen molar-refractivity contribution in [1.82, 2.24) is 0 Å². The van der Waals surface area contributed by atoms with E-state index >= 15 is 0 Å². The minimum Gasteiger partial charge on any atom is -0.452 e. The van der Waals surface area contributed by atoms with Gasteiger partial charge in [-0.05, 0) is 51.9 Å². The predicted octanol–water partition coefficient (Wildman–Crippen LogP) is 6.03. The van der Waals surface area contributed by atoms with Crippen molar-refractivity contribution >= 4 is 45.8 Å². The average molecular weight is 579 g/mol. The molecule has 1 N–H and O–H groups in total. The smallest absolute Gasteiger partial charge is 0.338 e. The third-order valence-electron chi connectivity index (χ3n) is 9.19. The number of carbonyl (C=O) groups is 4. The largest absolute Gasteiger partial charge is 0.452 e. The topological polar surface area (TPSA) is 92.8 Å². The Kier molecular flexibility index (Phi) is 5.94. The summed E-state index contributed by atoms with van der Waals surface area (Å²) >= 11 is 0. The van der Waals surface area contributed by atoms with Crippen molar-refractivity contribution in [2.75, 3.05) is 16.8 Å². The normalized spacial score (nSPS) is 21.0. The fourth-order valence-electron chi connectivity index (χ4n) is 7.44. The van der Waals surface area contributed by atoms with Crippen LogP contribution >= 0.6 is 0 Å². The molecule has 5 aromatic rings. The summed E-state index contributed by atoms with van der Waals surface area (Å²) in [6, 6.07) is 35.7. The van der Waals surface area contributed by atoms with Crippen LogP contribution in [0.5, 0.6) is 0 Å². The Hall–Kier alpha value is -5.56. The van der Waals surface area contributed by atoms with Crippen molar-refractivity contribution in [2.45, 2.75) is 11.8 Å². The van der Waals surface area contributed by atoms with Crippen LogP contribution in [-0.2, 0) is 19.1 Å². The Bertz CT molecular complexity index is 1910. The van der Waals surface area contributed by atoms with E-state index in [9.17, 15) is 19.2 Å². The van der Waals surface area contributed by atoms with Crippen molar-refractivity contribution in [3.8, 4) is 0 Å². The van der Waals surface area contributed by atoms with E-state index in [0.717, 1.165) is 33.0 Å². The zero-order valence-electron chi connectivity index (χ0n) is 23.5. The number of hydrogen-bond acceptors (Lipinski definition) is 5. The molecule has 214 valence electrons. The highest BCUT2D eigenvalue weighted by Crippen LogP contribution is 2.61. The Morgan fingerprint density at radius 3 is 1.84 bits per heavy atom. The number of anilines is 2. The molecule has 3 aliphatic carbocycles. The number of amides is 3. The molecular weight excluding hydrogens is 552 g/mol. The van der Waals surface area contributed by atoms with Gasteiger partial charge in [0.1, 0.15) is 0 Å². The number of hydrogen-bond donors (Lipinski definition) is 1. The average Bonchev–Trinajstić information content (AvgIpc) is 3.33. The highest BCUT2D eigenvalue weighted by molar-refractivity contribution is 6.23. The molecule has 2 atom stereocenters. The number of ether oxygens (including phenoxy) is 1. The van der Waals surface area contributed by atoms with E-state index < -0.39 is 30.3 Å². The molecule has 0 aromatic heterocycles. The molecule has 1 heterocycles. The highest BCUT2D eigenvalue weighted by Gasteiger charge is 2.61. The number of nitrogens with zero attached hydrogens (tertiary/aromatic N) is 1. The summed E-state index contributed by atoms with van der Waals surface area (Å²) in [5.74, 6) is -3.21. The number of benzene rings is 5. The first-order valence-corrected chi connectivity index (χ1v) is 14.6. The quantitative estimate of drug-likeness (QED) is 0.203. The molecule has 4 aliphatic rings. The number of rotatable bonds is 5. The molecule has 3 amide bonds. The van der Waals surface area contributed by atoms with E-state index in [-0.39, 0.29) is 29.2 Å². The Morgan fingerprint density at radius 2 is 1.20 bits per heavy atom. The maximum Gasteiger partial charge on any atom is 0.338 e. The van der Waals surface area contributed by atoms with E-state index in [4.69, 9.17) is 4.74 Å². The summed E-state index contributed by atoms with van der Waals surface area (Å²) in [6.07, 6.45) is 0. The van der Waals surface area contributed by atoms with Gasteiger partial charge in [-0.25, -0.2) is 9.69 Å². The Balaban J connectivity index is 1.03. The van der Waals surface area contributed by atoms with Gasteiger partial charge in [0.25, 0.3) is 5.91 Å². The minimum atomic E-state index is -0.726. The van der Waals surface area contributed by atoms with Crippen LogP contribution in [0.3, 0.4) is 0 Å². The molecule has 0 saturated carbocycles. The van der Waals surface area contributed by atoms with Crippen LogP contribution in [-0.4, -0.2) is 30.3 Å². The van der Waals surface area contributed by atoms with Gasteiger partial charge in [0, 0.05) is 22.9 Å². The predicted molar refractivity (Wildman–Crippen MR) is 165 cm³/mol. The zero-order chi connectivity index (χ0) is 29.9. The number of carbonyl (C=O) groups excluding carboxylic acids is 4. The van der Waals surface area contributed by atoms with Gasteiger partial charge in [-0.2, -0.15) is 0 Å². The van der Waals surface area contributed by atoms with E-state index in [1.54, 1.807) is 24.3 Å². The second-order valence-electron chi connectivity index (χ2n) is 11.5. The molecule has 0 unspecified atom stereocenters. The summed E-state index contributed by atoms with van der Waals surface area (Å²) in [4.78, 5) is 55.0. The summed E-state index contributed by atoms with van der Waals surface area (Å²) in [5.41, 5.74) is 5.47. The first-order chi connectivity index (χ1) is 21.5. The summed E-state index contributed by atoms with van der Waals surface area (Å²) in [7, 11) is 0. The molecule has 44 heavy (non-hydrogen) atoms. The molecule has 0 radical (unpaired) electrons. The zero-order valence-corrected chi connectivity index (χ0v) is 23.5. The van der Waals surface area contributed by atoms with Crippen LogP contribution in [0, 0.1) is 11.8 Å². The van der Waals surface area contributed by atoms with Gasteiger partial charge in [-0.1, -0.05) is 91.0 Å². The standard InChI is InChI=1S/C37H26N2O5/c40-30(38-29-18-8-10-21-9-1-2-13-24(21)29)20-44-37(43)22-11-7-12-23(19-22)39-35(41)33-31-25-14-3-4-15-26(25)32(34(33)36(39)42)28-17-6-5-16-27(28)31/h1-19,31-34H,20H2,(H,38,40)/t31?,32?,33-,34+. The van der Waals surface area contributed by atoms with Gasteiger partial charge in [0.05, 0.1) is 23.1 Å². The molecular formula is C37H26N2O5. The lowest BCUT2D eigenvalue weighted by molar-refractivity contribution is -0.122. The van der Waals surface area contributed by atoms with Crippen LogP contribution in [0.2, 0.25) is 0 Å². The van der Waals surface area contributed by atoms with Gasteiger partial charge in [-0.15, -0.1) is 0 Å². The van der Waals surface area contributed by atoms with Crippen molar-refractivity contribution in [3.63, 3.8) is 0 Å². The van der Waals surface area contributed by atoms with Gasteiger partial charge in [0.15, 0.2) is 6.61 Å². The second-order valence-corrected chi connectivity index (χ2v) is 11.5. The minimum absolute atomic E-state index is 0.144. The first-order valence-electron chi connectivity index (χ1n) is 14.6.